The average Bonchev–Trinajstić information content (AvgIpc) is 2.51. The SMILES string of the molecule is CCCC1CCN(CCC(NC)c2ccc(Cl)cc2)CC1. The van der Waals surface area contributed by atoms with Gasteiger partial charge >= 0.3 is 0 Å². The number of likely N-dealkylation sites (tertiary alicyclic amines) is 1. The van der Waals surface area contributed by atoms with Crippen LogP contribution >= 0.6 is 11.6 Å². The highest BCUT2D eigenvalue weighted by Crippen LogP contribution is 2.24. The maximum atomic E-state index is 5.97. The summed E-state index contributed by atoms with van der Waals surface area (Å²) in [6.07, 6.45) is 6.69. The minimum Gasteiger partial charge on any atom is -0.313 e. The summed E-state index contributed by atoms with van der Waals surface area (Å²) < 4.78 is 0. The summed E-state index contributed by atoms with van der Waals surface area (Å²) in [4.78, 5) is 2.63. The third-order valence-electron chi connectivity index (χ3n) is 4.76. The molecular formula is C18H29ClN2. The standard InChI is InChI=1S/C18H29ClN2/c1-3-4-15-9-12-21(13-10-15)14-11-18(20-2)16-5-7-17(19)8-6-16/h5-8,15,18,20H,3-4,9-14H2,1-2H3. The first-order valence-electron chi connectivity index (χ1n) is 8.38. The Morgan fingerprint density at radius 3 is 2.48 bits per heavy atom. The summed E-state index contributed by atoms with van der Waals surface area (Å²) in [7, 11) is 2.05. The van der Waals surface area contributed by atoms with E-state index in [1.807, 2.05) is 19.2 Å². The third kappa shape index (κ3) is 5.28. The number of hydrogen-bond acceptors (Lipinski definition) is 2. The van der Waals surface area contributed by atoms with E-state index >= 15 is 0 Å². The summed E-state index contributed by atoms with van der Waals surface area (Å²) in [5, 5.41) is 4.25. The van der Waals surface area contributed by atoms with Crippen LogP contribution in [0.25, 0.3) is 0 Å². The molecule has 0 bridgehead atoms. The number of piperidine rings is 1. The first-order valence-corrected chi connectivity index (χ1v) is 8.75. The van der Waals surface area contributed by atoms with Crippen molar-refractivity contribution in [2.75, 3.05) is 26.7 Å². The molecule has 1 aliphatic heterocycles. The van der Waals surface area contributed by atoms with Gasteiger partial charge in [0.2, 0.25) is 0 Å². The van der Waals surface area contributed by atoms with E-state index in [1.54, 1.807) is 0 Å². The van der Waals surface area contributed by atoms with Crippen molar-refractivity contribution in [1.29, 1.82) is 0 Å². The molecule has 1 saturated heterocycles. The predicted molar refractivity (Wildman–Crippen MR) is 91.9 cm³/mol. The number of benzene rings is 1. The summed E-state index contributed by atoms with van der Waals surface area (Å²) in [6, 6.07) is 8.67. The average molecular weight is 309 g/mol. The molecule has 1 aromatic carbocycles. The Hall–Kier alpha value is -0.570. The normalized spacial score (nSPS) is 18.8. The molecule has 0 aliphatic carbocycles. The van der Waals surface area contributed by atoms with Crippen molar-refractivity contribution in [3.63, 3.8) is 0 Å². The van der Waals surface area contributed by atoms with E-state index < -0.39 is 0 Å². The Labute approximate surface area is 134 Å². The first-order chi connectivity index (χ1) is 10.2. The molecule has 1 N–H and O–H groups in total. The molecule has 1 aromatic rings. The highest BCUT2D eigenvalue weighted by Gasteiger charge is 2.19. The second-order valence-electron chi connectivity index (χ2n) is 6.26. The molecule has 21 heavy (non-hydrogen) atoms. The van der Waals surface area contributed by atoms with Crippen LogP contribution in [0.2, 0.25) is 5.02 Å². The van der Waals surface area contributed by atoms with Crippen LogP contribution in [0.4, 0.5) is 0 Å². The molecule has 2 nitrogen and oxygen atoms in total. The van der Waals surface area contributed by atoms with Crippen molar-refractivity contribution >= 4 is 11.6 Å². The Bertz CT molecular complexity index is 396. The minimum absolute atomic E-state index is 0.427. The number of halogens is 1. The van der Waals surface area contributed by atoms with E-state index in [-0.39, 0.29) is 0 Å². The van der Waals surface area contributed by atoms with Gasteiger partial charge in [-0.2, -0.15) is 0 Å². The molecule has 0 aromatic heterocycles. The smallest absolute Gasteiger partial charge is 0.0406 e. The number of nitrogens with one attached hydrogen (secondary N) is 1. The Morgan fingerprint density at radius 2 is 1.90 bits per heavy atom. The predicted octanol–water partition coefficient (Wildman–Crippen LogP) is 4.50. The Morgan fingerprint density at radius 1 is 1.24 bits per heavy atom. The fourth-order valence-corrected chi connectivity index (χ4v) is 3.52. The van der Waals surface area contributed by atoms with E-state index in [0.717, 1.165) is 17.4 Å². The molecule has 1 unspecified atom stereocenters. The van der Waals surface area contributed by atoms with Crippen LogP contribution in [-0.2, 0) is 0 Å². The zero-order chi connectivity index (χ0) is 15.1. The molecule has 118 valence electrons. The van der Waals surface area contributed by atoms with Gasteiger partial charge in [0.1, 0.15) is 0 Å². The van der Waals surface area contributed by atoms with Gasteiger partial charge in [0.05, 0.1) is 0 Å². The van der Waals surface area contributed by atoms with Gasteiger partial charge in [-0.05, 0) is 69.6 Å². The molecule has 0 saturated carbocycles. The number of nitrogens with zero attached hydrogens (tertiary/aromatic N) is 1. The van der Waals surface area contributed by atoms with E-state index in [2.05, 4.69) is 29.3 Å². The maximum Gasteiger partial charge on any atom is 0.0406 e. The van der Waals surface area contributed by atoms with Gasteiger partial charge in [-0.15, -0.1) is 0 Å². The van der Waals surface area contributed by atoms with Crippen molar-refractivity contribution < 1.29 is 0 Å². The van der Waals surface area contributed by atoms with E-state index in [4.69, 9.17) is 11.6 Å². The van der Waals surface area contributed by atoms with Crippen molar-refractivity contribution in [1.82, 2.24) is 10.2 Å². The van der Waals surface area contributed by atoms with Crippen LogP contribution in [0, 0.1) is 5.92 Å². The zero-order valence-electron chi connectivity index (χ0n) is 13.4. The lowest BCUT2D eigenvalue weighted by atomic mass is 9.92. The lowest BCUT2D eigenvalue weighted by Crippen LogP contribution is -2.35. The van der Waals surface area contributed by atoms with E-state index in [0.29, 0.717) is 6.04 Å². The van der Waals surface area contributed by atoms with Gasteiger partial charge in [-0.1, -0.05) is 43.5 Å². The second-order valence-corrected chi connectivity index (χ2v) is 6.69. The van der Waals surface area contributed by atoms with Crippen molar-refractivity contribution in [2.45, 2.75) is 45.1 Å². The molecule has 1 aliphatic rings. The second kappa shape index (κ2) is 8.77. The summed E-state index contributed by atoms with van der Waals surface area (Å²) in [5.41, 5.74) is 1.34. The molecule has 0 radical (unpaired) electrons. The van der Waals surface area contributed by atoms with Crippen LogP contribution in [0.3, 0.4) is 0 Å². The quantitative estimate of drug-likeness (QED) is 0.797. The molecule has 1 heterocycles. The molecule has 2 rings (SSSR count). The van der Waals surface area contributed by atoms with Gasteiger partial charge in [0, 0.05) is 11.1 Å². The Balaban J connectivity index is 1.77. The van der Waals surface area contributed by atoms with Crippen LogP contribution < -0.4 is 5.32 Å². The summed E-state index contributed by atoms with van der Waals surface area (Å²) in [5.74, 6) is 0.975. The van der Waals surface area contributed by atoms with Crippen molar-refractivity contribution in [3.8, 4) is 0 Å². The minimum atomic E-state index is 0.427. The van der Waals surface area contributed by atoms with E-state index in [1.165, 1.54) is 50.9 Å². The van der Waals surface area contributed by atoms with Crippen LogP contribution in [0.1, 0.15) is 50.6 Å². The Kier molecular flexibility index (Phi) is 7.01. The lowest BCUT2D eigenvalue weighted by molar-refractivity contribution is 0.172. The van der Waals surface area contributed by atoms with Crippen molar-refractivity contribution in [2.24, 2.45) is 5.92 Å². The van der Waals surface area contributed by atoms with Crippen LogP contribution in [0.5, 0.6) is 0 Å². The van der Waals surface area contributed by atoms with Gasteiger partial charge in [-0.3, -0.25) is 0 Å². The molecule has 1 fully saturated rings. The summed E-state index contributed by atoms with van der Waals surface area (Å²) in [6.45, 7) is 6.05. The fraction of sp³-hybridized carbons (Fsp3) is 0.667. The fourth-order valence-electron chi connectivity index (χ4n) is 3.39. The molecule has 0 spiro atoms. The largest absolute Gasteiger partial charge is 0.313 e. The van der Waals surface area contributed by atoms with Crippen LogP contribution in [0.15, 0.2) is 24.3 Å². The molecule has 1 atom stereocenters. The van der Waals surface area contributed by atoms with Gasteiger partial charge in [0.25, 0.3) is 0 Å². The first kappa shape index (κ1) is 16.8. The van der Waals surface area contributed by atoms with Crippen LogP contribution in [-0.4, -0.2) is 31.6 Å². The highest BCUT2D eigenvalue weighted by molar-refractivity contribution is 6.30. The summed E-state index contributed by atoms with van der Waals surface area (Å²) >= 11 is 5.97. The maximum absolute atomic E-state index is 5.97. The number of hydrogen-bond donors (Lipinski definition) is 1. The van der Waals surface area contributed by atoms with Gasteiger partial charge < -0.3 is 10.2 Å². The third-order valence-corrected chi connectivity index (χ3v) is 5.01. The lowest BCUT2D eigenvalue weighted by Gasteiger charge is -2.32. The molecule has 3 heteroatoms. The molecular weight excluding hydrogens is 280 g/mol. The van der Waals surface area contributed by atoms with Gasteiger partial charge in [-0.25, -0.2) is 0 Å². The zero-order valence-corrected chi connectivity index (χ0v) is 14.2. The topological polar surface area (TPSA) is 15.3 Å². The van der Waals surface area contributed by atoms with Crippen molar-refractivity contribution in [3.05, 3.63) is 34.9 Å². The monoisotopic (exact) mass is 308 g/mol. The number of rotatable bonds is 7. The van der Waals surface area contributed by atoms with Gasteiger partial charge in [0.15, 0.2) is 0 Å². The highest BCUT2D eigenvalue weighted by atomic mass is 35.5. The molecule has 0 amide bonds. The van der Waals surface area contributed by atoms with E-state index in [9.17, 15) is 0 Å².